The van der Waals surface area contributed by atoms with Crippen LogP contribution < -0.4 is 5.32 Å². The third kappa shape index (κ3) is 3.93. The third-order valence-corrected chi connectivity index (χ3v) is 4.31. The summed E-state index contributed by atoms with van der Waals surface area (Å²) in [6, 6.07) is 14.5. The van der Waals surface area contributed by atoms with E-state index in [2.05, 4.69) is 25.7 Å². The molecule has 0 atom stereocenters. The zero-order valence-corrected chi connectivity index (χ0v) is 17.1. The lowest BCUT2D eigenvalue weighted by molar-refractivity contribution is 0.102. The number of pyridine rings is 1. The van der Waals surface area contributed by atoms with E-state index in [1.165, 1.54) is 6.26 Å². The summed E-state index contributed by atoms with van der Waals surface area (Å²) in [6.45, 7) is 5.74. The molecule has 0 saturated heterocycles. The molecule has 5 rings (SSSR count). The average molecular weight is 417 g/mol. The summed E-state index contributed by atoms with van der Waals surface area (Å²) in [5.74, 6) is 0.123. The van der Waals surface area contributed by atoms with Gasteiger partial charge in [0.1, 0.15) is 0 Å². The molecule has 0 aliphatic heterocycles. The second-order valence-electron chi connectivity index (χ2n) is 6.21. The molecule has 4 aromatic heterocycles. The molecule has 0 radical (unpaired) electrons. The van der Waals surface area contributed by atoms with Gasteiger partial charge in [-0.15, -0.1) is 5.10 Å². The summed E-state index contributed by atoms with van der Waals surface area (Å²) in [5.41, 5.74) is 2.59. The van der Waals surface area contributed by atoms with E-state index < -0.39 is 5.91 Å². The lowest BCUT2D eigenvalue weighted by Crippen LogP contribution is -2.13. The Kier molecular flexibility index (Phi) is 5.57. The Morgan fingerprint density at radius 2 is 1.84 bits per heavy atom. The molecule has 1 aromatic carbocycles. The molecule has 0 bridgehead atoms. The van der Waals surface area contributed by atoms with Gasteiger partial charge in [-0.3, -0.25) is 10.1 Å². The van der Waals surface area contributed by atoms with Gasteiger partial charge in [-0.05, 0) is 25.1 Å². The maximum absolute atomic E-state index is 13.0. The molecule has 1 amide bonds. The van der Waals surface area contributed by atoms with Crippen molar-refractivity contribution >= 4 is 23.0 Å². The molecule has 1 N–H and O–H groups in total. The minimum atomic E-state index is -0.449. The fraction of sp³-hybridized carbons (Fsp3) is 0.136. The van der Waals surface area contributed by atoms with E-state index in [1.807, 2.05) is 44.2 Å². The van der Waals surface area contributed by atoms with Crippen molar-refractivity contribution in [3.05, 3.63) is 66.1 Å². The summed E-state index contributed by atoms with van der Waals surface area (Å²) in [4.78, 5) is 17.5. The van der Waals surface area contributed by atoms with E-state index in [-0.39, 0.29) is 17.6 Å². The molecule has 0 spiro atoms. The fourth-order valence-corrected chi connectivity index (χ4v) is 2.97. The second kappa shape index (κ2) is 8.62. The molecular formula is C22H19N5O4. The van der Waals surface area contributed by atoms with Gasteiger partial charge in [0.25, 0.3) is 17.5 Å². The number of aromatic nitrogens is 4. The summed E-state index contributed by atoms with van der Waals surface area (Å²) in [6.07, 6.45) is 1.49. The Hall–Kier alpha value is -4.27. The van der Waals surface area contributed by atoms with Gasteiger partial charge in [0, 0.05) is 5.56 Å². The van der Waals surface area contributed by atoms with Crippen LogP contribution in [0.5, 0.6) is 0 Å². The van der Waals surface area contributed by atoms with Crippen LogP contribution in [-0.4, -0.2) is 26.2 Å². The van der Waals surface area contributed by atoms with Crippen LogP contribution in [0, 0.1) is 6.92 Å². The summed E-state index contributed by atoms with van der Waals surface area (Å²) in [5, 5.41) is 14.8. The third-order valence-electron chi connectivity index (χ3n) is 4.31. The van der Waals surface area contributed by atoms with Gasteiger partial charge in [-0.2, -0.15) is 0 Å². The van der Waals surface area contributed by atoms with Crippen LogP contribution in [0.15, 0.2) is 68.2 Å². The van der Waals surface area contributed by atoms with E-state index >= 15 is 0 Å². The highest BCUT2D eigenvalue weighted by atomic mass is 16.5. The Morgan fingerprint density at radius 3 is 2.58 bits per heavy atom. The van der Waals surface area contributed by atoms with Crippen molar-refractivity contribution in [1.29, 1.82) is 0 Å². The van der Waals surface area contributed by atoms with Crippen molar-refractivity contribution in [1.82, 2.24) is 20.3 Å². The van der Waals surface area contributed by atoms with Gasteiger partial charge in [0.15, 0.2) is 5.76 Å². The molecule has 0 aliphatic rings. The van der Waals surface area contributed by atoms with Gasteiger partial charge < -0.3 is 13.4 Å². The van der Waals surface area contributed by atoms with Crippen molar-refractivity contribution in [3.63, 3.8) is 0 Å². The predicted octanol–water partition coefficient (Wildman–Crippen LogP) is 5.12. The largest absolute Gasteiger partial charge is 0.459 e. The van der Waals surface area contributed by atoms with E-state index in [0.29, 0.717) is 28.1 Å². The molecule has 9 heteroatoms. The lowest BCUT2D eigenvalue weighted by Gasteiger charge is -2.06. The molecule has 9 nitrogen and oxygen atoms in total. The molecule has 0 saturated carbocycles. The number of carbonyl (C=O) groups excluding carboxylic acids is 1. The Labute approximate surface area is 177 Å². The molecule has 0 unspecified atom stereocenters. The topological polar surface area (TPSA) is 120 Å². The predicted molar refractivity (Wildman–Crippen MR) is 113 cm³/mol. The number of carbonyl (C=O) groups is 1. The van der Waals surface area contributed by atoms with E-state index in [1.54, 1.807) is 25.1 Å². The van der Waals surface area contributed by atoms with Crippen LogP contribution in [0.1, 0.15) is 29.9 Å². The number of rotatable bonds is 4. The maximum atomic E-state index is 13.0. The number of hydrogen-bond donors (Lipinski definition) is 1. The first kappa shape index (κ1) is 20.0. The number of hydrogen-bond acceptors (Lipinski definition) is 8. The first-order valence-corrected chi connectivity index (χ1v) is 9.70. The van der Waals surface area contributed by atoms with Crippen LogP contribution in [0.2, 0.25) is 0 Å². The Bertz CT molecular complexity index is 1310. The number of nitrogens with zero attached hydrogens (tertiary/aromatic N) is 4. The minimum Gasteiger partial charge on any atom is -0.459 e. The van der Waals surface area contributed by atoms with Crippen molar-refractivity contribution in [2.24, 2.45) is 0 Å². The Balaban J connectivity index is 0.00000112. The molecule has 156 valence electrons. The molecule has 0 fully saturated rings. The number of nitrogens with one attached hydrogen (secondary N) is 1. The number of fused-ring (bicyclic) bond motifs is 1. The minimum absolute atomic E-state index is 0.0540. The highest BCUT2D eigenvalue weighted by Gasteiger charge is 2.21. The zero-order valence-electron chi connectivity index (χ0n) is 17.1. The molecule has 0 aliphatic carbocycles. The normalized spacial score (nSPS) is 10.5. The molecule has 31 heavy (non-hydrogen) atoms. The van der Waals surface area contributed by atoms with Crippen LogP contribution >= 0.6 is 0 Å². The molecule has 5 aromatic rings. The fourth-order valence-electron chi connectivity index (χ4n) is 2.97. The highest BCUT2D eigenvalue weighted by molar-refractivity contribution is 6.12. The van der Waals surface area contributed by atoms with Gasteiger partial charge in [0.2, 0.25) is 0 Å². The van der Waals surface area contributed by atoms with Crippen LogP contribution in [0.3, 0.4) is 0 Å². The van der Waals surface area contributed by atoms with Gasteiger partial charge in [-0.1, -0.05) is 54.4 Å². The van der Waals surface area contributed by atoms with Gasteiger partial charge in [-0.25, -0.2) is 4.98 Å². The van der Waals surface area contributed by atoms with Crippen LogP contribution in [0.4, 0.5) is 6.01 Å². The Morgan fingerprint density at radius 1 is 1.03 bits per heavy atom. The van der Waals surface area contributed by atoms with E-state index in [9.17, 15) is 4.79 Å². The van der Waals surface area contributed by atoms with Crippen LogP contribution in [-0.2, 0) is 0 Å². The average Bonchev–Trinajstić information content (AvgIpc) is 3.57. The number of amides is 1. The lowest BCUT2D eigenvalue weighted by atomic mass is 10.1. The standard InChI is InChI=1S/C20H13N5O4.C2H6/c1-11-16-13(10-14(21-19(16)29-25-11)12-6-3-2-4-7-12)17(26)22-20-24-23-18(28-20)15-8-5-9-27-15;1-2/h2-10H,1H3,(H,22,24,26);1-2H3. The van der Waals surface area contributed by atoms with Crippen molar-refractivity contribution in [2.75, 3.05) is 5.32 Å². The number of anilines is 1. The maximum Gasteiger partial charge on any atom is 0.322 e. The van der Waals surface area contributed by atoms with E-state index in [0.717, 1.165) is 5.56 Å². The van der Waals surface area contributed by atoms with Crippen molar-refractivity contribution in [2.45, 2.75) is 20.8 Å². The van der Waals surface area contributed by atoms with Crippen molar-refractivity contribution in [3.8, 4) is 22.9 Å². The number of furan rings is 1. The molecule has 4 heterocycles. The van der Waals surface area contributed by atoms with E-state index in [4.69, 9.17) is 13.4 Å². The smallest absolute Gasteiger partial charge is 0.322 e. The summed E-state index contributed by atoms with van der Waals surface area (Å²) < 4.78 is 16.0. The second-order valence-corrected chi connectivity index (χ2v) is 6.21. The summed E-state index contributed by atoms with van der Waals surface area (Å²) >= 11 is 0. The molecular weight excluding hydrogens is 398 g/mol. The zero-order chi connectivity index (χ0) is 21.8. The highest BCUT2D eigenvalue weighted by Crippen LogP contribution is 2.28. The quantitative estimate of drug-likeness (QED) is 0.428. The van der Waals surface area contributed by atoms with Gasteiger partial charge >= 0.3 is 6.01 Å². The summed E-state index contributed by atoms with van der Waals surface area (Å²) in [7, 11) is 0. The van der Waals surface area contributed by atoms with Gasteiger partial charge in [0.05, 0.1) is 28.6 Å². The first-order valence-electron chi connectivity index (χ1n) is 9.70. The monoisotopic (exact) mass is 417 g/mol. The number of benzene rings is 1. The van der Waals surface area contributed by atoms with Crippen molar-refractivity contribution < 1.29 is 18.2 Å². The SMILES string of the molecule is CC.Cc1noc2nc(-c3ccccc3)cc(C(=O)Nc3nnc(-c4ccco4)o3)c12. The van der Waals surface area contributed by atoms with Crippen LogP contribution in [0.25, 0.3) is 34.0 Å². The number of aryl methyl sites for hydroxylation is 1. The first-order chi connectivity index (χ1) is 15.2.